The van der Waals surface area contributed by atoms with Crippen molar-refractivity contribution in [1.82, 2.24) is 20.7 Å². The molecule has 0 aromatic heterocycles. The number of thioether (sulfide) groups is 1. The molecule has 0 saturated carbocycles. The van der Waals surface area contributed by atoms with E-state index >= 15 is 0 Å². The number of nitrogens with zero attached hydrogens (tertiary/aromatic N) is 3. The van der Waals surface area contributed by atoms with E-state index in [2.05, 4.69) is 15.7 Å². The van der Waals surface area contributed by atoms with Crippen molar-refractivity contribution in [3.8, 4) is 0 Å². The van der Waals surface area contributed by atoms with E-state index in [1.165, 1.54) is 26.1 Å². The highest BCUT2D eigenvalue weighted by Crippen LogP contribution is 2.50. The second kappa shape index (κ2) is 13.0. The summed E-state index contributed by atoms with van der Waals surface area (Å²) in [5, 5.41) is 12.0. The summed E-state index contributed by atoms with van der Waals surface area (Å²) in [4.78, 5) is 41.6. The fourth-order valence-corrected chi connectivity index (χ4v) is 5.27. The van der Waals surface area contributed by atoms with E-state index in [9.17, 15) is 23.2 Å². The van der Waals surface area contributed by atoms with E-state index in [1.807, 2.05) is 18.2 Å². The first-order chi connectivity index (χ1) is 18.5. The Labute approximate surface area is 229 Å². The summed E-state index contributed by atoms with van der Waals surface area (Å²) in [5.74, 6) is -2.18. The quantitative estimate of drug-likeness (QED) is 0.302. The van der Waals surface area contributed by atoms with Crippen molar-refractivity contribution in [2.45, 2.75) is 43.6 Å². The minimum atomic E-state index is -1.17. The Kier molecular flexibility index (Phi) is 10.0. The van der Waals surface area contributed by atoms with Gasteiger partial charge in [-0.3, -0.25) is 14.4 Å². The van der Waals surface area contributed by atoms with Gasteiger partial charge in [0, 0.05) is 19.2 Å². The summed E-state index contributed by atoms with van der Waals surface area (Å²) >= 11 is 1.11. The van der Waals surface area contributed by atoms with Crippen LogP contribution in [0, 0.1) is 11.6 Å². The van der Waals surface area contributed by atoms with Crippen LogP contribution in [0.5, 0.6) is 0 Å². The van der Waals surface area contributed by atoms with Gasteiger partial charge in [0.2, 0.25) is 11.8 Å². The van der Waals surface area contributed by atoms with Crippen LogP contribution in [0.1, 0.15) is 37.8 Å². The molecule has 0 spiro atoms. The largest absolute Gasteiger partial charge is 0.365 e. The third kappa shape index (κ3) is 6.91. The number of urea groups is 1. The van der Waals surface area contributed by atoms with Crippen LogP contribution in [0.2, 0.25) is 0 Å². The normalized spacial score (nSPS) is 18.2. The highest BCUT2D eigenvalue weighted by molar-refractivity contribution is 8.15. The second-order valence-electron chi connectivity index (χ2n) is 8.97. The molecule has 0 fully saturated rings. The molecule has 0 aliphatic carbocycles. The molecule has 3 atom stereocenters. The van der Waals surface area contributed by atoms with Gasteiger partial charge in [-0.05, 0) is 50.5 Å². The molecular weight excluding hydrogens is 530 g/mol. The predicted octanol–water partition coefficient (Wildman–Crippen LogP) is 2.89. The number of rotatable bonds is 10. The topological polar surface area (TPSA) is 129 Å². The van der Waals surface area contributed by atoms with Crippen LogP contribution in [-0.2, 0) is 19.3 Å². The highest BCUT2D eigenvalue weighted by atomic mass is 32.2. The number of benzene rings is 2. The molecule has 4 N–H and O–H groups in total. The van der Waals surface area contributed by atoms with Gasteiger partial charge in [-0.2, -0.15) is 10.1 Å². The minimum Gasteiger partial charge on any atom is -0.354 e. The lowest BCUT2D eigenvalue weighted by atomic mass is 10.0. The number of hydroxylamine groups is 2. The first-order valence-corrected chi connectivity index (χ1v) is 13.1. The summed E-state index contributed by atoms with van der Waals surface area (Å²) in [5.41, 5.74) is 6.15. The molecule has 3 rings (SSSR count). The van der Waals surface area contributed by atoms with Crippen molar-refractivity contribution in [3.63, 3.8) is 0 Å². The maximum absolute atomic E-state index is 14.8. The van der Waals surface area contributed by atoms with Gasteiger partial charge in [0.15, 0.2) is 0 Å². The van der Waals surface area contributed by atoms with Gasteiger partial charge >= 0.3 is 6.03 Å². The van der Waals surface area contributed by atoms with Crippen LogP contribution in [-0.4, -0.2) is 65.7 Å². The Balaban J connectivity index is 1.89. The summed E-state index contributed by atoms with van der Waals surface area (Å²) in [6.45, 7) is 3.27. The van der Waals surface area contributed by atoms with Crippen molar-refractivity contribution in [3.05, 3.63) is 71.3 Å². The van der Waals surface area contributed by atoms with E-state index in [4.69, 9.17) is 10.6 Å². The molecule has 13 heteroatoms. The number of halogens is 2. The van der Waals surface area contributed by atoms with Crippen LogP contribution < -0.4 is 16.4 Å². The van der Waals surface area contributed by atoms with Crippen molar-refractivity contribution >= 4 is 34.7 Å². The number of hydrogen-bond donors (Lipinski definition) is 3. The zero-order chi connectivity index (χ0) is 28.7. The lowest BCUT2D eigenvalue weighted by Gasteiger charge is -2.37. The smallest absolute Gasteiger partial charge is 0.354 e. The van der Waals surface area contributed by atoms with Gasteiger partial charge in [0.05, 0.1) is 13.2 Å². The van der Waals surface area contributed by atoms with Crippen LogP contribution in [0.15, 0.2) is 53.6 Å². The Bertz CT molecular complexity index is 1230. The number of hydrogen-bond acceptors (Lipinski definition) is 7. The number of carbonyl (C=O) groups is 3. The first-order valence-electron chi connectivity index (χ1n) is 12.2. The number of amides is 4. The average molecular weight is 563 g/mol. The Morgan fingerprint density at radius 2 is 1.85 bits per heavy atom. The number of hydrazone groups is 1. The van der Waals surface area contributed by atoms with Crippen molar-refractivity contribution in [2.75, 3.05) is 20.7 Å². The number of nitrogens with one attached hydrogen (secondary N) is 2. The van der Waals surface area contributed by atoms with Gasteiger partial charge < -0.3 is 16.4 Å². The lowest BCUT2D eigenvalue weighted by Crippen LogP contribution is -2.50. The molecular formula is C26H32F2N6O4S. The lowest BCUT2D eigenvalue weighted by molar-refractivity contribution is -0.129. The fourth-order valence-electron chi connectivity index (χ4n) is 3.86. The third-order valence-corrected chi connectivity index (χ3v) is 7.51. The van der Waals surface area contributed by atoms with E-state index in [-0.39, 0.29) is 23.6 Å². The standard InChI is InChI=1S/C26H32F2N6O4S/c1-16(29)22(35)31-17(2)23(36)30-14-8-13-26(18-9-6-5-7-10-18)34(25(37)33(3)38-4)32-24(39-26)20-15-19(27)11-12-21(20)28/h5-7,9-12,15-17H,8,13-14,29H2,1-4H3,(H,30,36)(H,31,35)/t16-,17-,26?/m0/s1. The molecule has 0 radical (unpaired) electrons. The monoisotopic (exact) mass is 562 g/mol. The fraction of sp³-hybridized carbons (Fsp3) is 0.385. The Morgan fingerprint density at radius 3 is 2.49 bits per heavy atom. The SMILES string of the molecule is CON(C)C(=O)N1N=C(c2cc(F)ccc2F)SC1(CCCNC(=O)[C@H](C)NC(=O)[C@H](C)N)c1ccccc1. The van der Waals surface area contributed by atoms with Crippen molar-refractivity contribution in [2.24, 2.45) is 10.8 Å². The molecule has 0 saturated heterocycles. The zero-order valence-corrected chi connectivity index (χ0v) is 22.9. The first kappa shape index (κ1) is 30.0. The predicted molar refractivity (Wildman–Crippen MR) is 144 cm³/mol. The maximum Gasteiger partial charge on any atom is 0.365 e. The maximum atomic E-state index is 14.8. The van der Waals surface area contributed by atoms with Crippen molar-refractivity contribution < 1.29 is 28.0 Å². The molecule has 1 unspecified atom stereocenters. The molecule has 39 heavy (non-hydrogen) atoms. The van der Waals surface area contributed by atoms with Gasteiger partial charge in [-0.25, -0.2) is 18.6 Å². The van der Waals surface area contributed by atoms with Crippen LogP contribution in [0.3, 0.4) is 0 Å². The minimum absolute atomic E-state index is 0.0809. The van der Waals surface area contributed by atoms with E-state index in [1.54, 1.807) is 19.1 Å². The Hall–Kier alpha value is -3.55. The summed E-state index contributed by atoms with van der Waals surface area (Å²) in [7, 11) is 2.74. The number of nitrogens with two attached hydrogens (primary N) is 1. The van der Waals surface area contributed by atoms with Gasteiger partial charge in [0.1, 0.15) is 27.6 Å². The van der Waals surface area contributed by atoms with Gasteiger partial charge in [0.25, 0.3) is 0 Å². The highest BCUT2D eigenvalue weighted by Gasteiger charge is 2.49. The van der Waals surface area contributed by atoms with Crippen LogP contribution in [0.25, 0.3) is 0 Å². The molecule has 210 valence electrons. The van der Waals surface area contributed by atoms with Gasteiger partial charge in [-0.15, -0.1) is 0 Å². The second-order valence-corrected chi connectivity index (χ2v) is 10.2. The van der Waals surface area contributed by atoms with E-state index in [0.717, 1.165) is 35.0 Å². The van der Waals surface area contributed by atoms with Crippen LogP contribution >= 0.6 is 11.8 Å². The zero-order valence-electron chi connectivity index (χ0n) is 22.1. The summed E-state index contributed by atoms with van der Waals surface area (Å²) in [6, 6.07) is 9.89. The Morgan fingerprint density at radius 1 is 1.15 bits per heavy atom. The number of carbonyl (C=O) groups excluding carboxylic acids is 3. The van der Waals surface area contributed by atoms with E-state index in [0.29, 0.717) is 12.0 Å². The molecule has 2 aromatic carbocycles. The van der Waals surface area contributed by atoms with Crippen molar-refractivity contribution in [1.29, 1.82) is 0 Å². The molecule has 2 aromatic rings. The molecule has 1 heterocycles. The average Bonchev–Trinajstić information content (AvgIpc) is 3.32. The van der Waals surface area contributed by atoms with Crippen LogP contribution in [0.4, 0.5) is 13.6 Å². The summed E-state index contributed by atoms with van der Waals surface area (Å²) in [6.07, 6.45) is 0.645. The van der Waals surface area contributed by atoms with Gasteiger partial charge in [-0.1, -0.05) is 42.1 Å². The molecule has 1 aliphatic rings. The summed E-state index contributed by atoms with van der Waals surface area (Å²) < 4.78 is 28.8. The van der Waals surface area contributed by atoms with E-state index < -0.39 is 46.4 Å². The third-order valence-electron chi connectivity index (χ3n) is 6.06. The molecule has 10 nitrogen and oxygen atoms in total. The molecule has 1 aliphatic heterocycles. The molecule has 0 bridgehead atoms. The molecule has 4 amide bonds.